The van der Waals surface area contributed by atoms with Crippen LogP contribution in [0.2, 0.25) is 10.0 Å². The van der Waals surface area contributed by atoms with Crippen molar-refractivity contribution in [3.8, 4) is 0 Å². The van der Waals surface area contributed by atoms with E-state index in [1.807, 2.05) is 13.8 Å². The molecule has 0 aromatic heterocycles. The number of nitrogens with one attached hydrogen (secondary N) is 2. The molecule has 8 nitrogen and oxygen atoms in total. The first-order valence-corrected chi connectivity index (χ1v) is 15.6. The lowest BCUT2D eigenvalue weighted by molar-refractivity contribution is -0.117. The van der Waals surface area contributed by atoms with Crippen LogP contribution in [0.3, 0.4) is 0 Å². The summed E-state index contributed by atoms with van der Waals surface area (Å²) in [5.74, 6) is -0.428. The Morgan fingerprint density at radius 2 is 1.24 bits per heavy atom. The summed E-state index contributed by atoms with van der Waals surface area (Å²) in [6.07, 6.45) is 4.02. The van der Waals surface area contributed by atoms with Gasteiger partial charge in [-0.25, -0.2) is 4.39 Å². The van der Waals surface area contributed by atoms with Gasteiger partial charge in [-0.05, 0) is 79.6 Å². The number of hydrogen-bond donors (Lipinski definition) is 6. The van der Waals surface area contributed by atoms with Crippen LogP contribution in [0.4, 0.5) is 4.39 Å². The zero-order valence-corrected chi connectivity index (χ0v) is 26.2. The fraction of sp³-hybridized carbons (Fsp3) is 0.357. The lowest BCUT2D eigenvalue weighted by atomic mass is 10.2. The highest BCUT2D eigenvalue weighted by Crippen LogP contribution is 2.37. The van der Waals surface area contributed by atoms with Crippen molar-refractivity contribution in [1.29, 1.82) is 0 Å². The fourth-order valence-corrected chi connectivity index (χ4v) is 5.01. The molecule has 0 spiro atoms. The molecule has 224 valence electrons. The summed E-state index contributed by atoms with van der Waals surface area (Å²) >= 11 is 13.8. The van der Waals surface area contributed by atoms with Crippen LogP contribution in [0, 0.1) is 17.7 Å². The topological polar surface area (TPSA) is 162 Å². The van der Waals surface area contributed by atoms with Gasteiger partial charge < -0.3 is 22.1 Å². The molecule has 2 fully saturated rings. The molecule has 2 aromatic rings. The Kier molecular flexibility index (Phi) is 14.9. The number of rotatable bonds is 10. The number of amides is 2. The minimum Gasteiger partial charge on any atom is -0.401 e. The van der Waals surface area contributed by atoms with E-state index in [0.29, 0.717) is 42.4 Å². The smallest absolute Gasteiger partial charge is 0.261 e. The Morgan fingerprint density at radius 3 is 1.66 bits per heavy atom. The van der Waals surface area contributed by atoms with Gasteiger partial charge in [-0.1, -0.05) is 61.3 Å². The number of carbonyl (C=O) groups is 2. The second-order valence-electron chi connectivity index (χ2n) is 9.01. The summed E-state index contributed by atoms with van der Waals surface area (Å²) in [7, 11) is 0. The van der Waals surface area contributed by atoms with Gasteiger partial charge >= 0.3 is 0 Å². The van der Waals surface area contributed by atoms with Gasteiger partial charge in [0.2, 0.25) is 0 Å². The number of benzene rings is 2. The average Bonchev–Trinajstić information content (AvgIpc) is 3.88. The van der Waals surface area contributed by atoms with Crippen LogP contribution in [0.15, 0.2) is 63.7 Å². The maximum absolute atomic E-state index is 13.4. The summed E-state index contributed by atoms with van der Waals surface area (Å²) in [5, 5.41) is 17.4. The van der Waals surface area contributed by atoms with Gasteiger partial charge in [0.05, 0.1) is 0 Å². The number of hydrogen-bond acceptors (Lipinski definition) is 8. The first-order chi connectivity index (χ1) is 19.7. The van der Waals surface area contributed by atoms with E-state index in [0.717, 1.165) is 49.6 Å². The van der Waals surface area contributed by atoms with Crippen LogP contribution in [-0.2, 0) is 22.7 Å². The third kappa shape index (κ3) is 10.7. The zero-order chi connectivity index (χ0) is 30.5. The standard InChI is InChI=1S/C13H15Cl2N3OS.C13H16FN3OS.C2H6/c14-9-2-1-3-10(15)8(9)6-18-13(19)12(20-17)11(16)7-4-5-7;14-10-4-2-1-3-9(10)7-17-13(18)12(19-16)11(15)8-5-6-8;1-2/h1-3,7H,4-6,16-17H2,(H,18,19);1-4,8H,5-7,15-16H2,(H,17,18);1-2H3/b2*12-11-;. The minimum absolute atomic E-state index is 0.119. The first kappa shape index (κ1) is 34.8. The molecular formula is C28H37Cl2FN6O2S2. The van der Waals surface area contributed by atoms with Crippen molar-refractivity contribution in [3.63, 3.8) is 0 Å². The predicted molar refractivity (Wildman–Crippen MR) is 169 cm³/mol. The van der Waals surface area contributed by atoms with Crippen molar-refractivity contribution in [1.82, 2.24) is 10.6 Å². The average molecular weight is 644 g/mol. The highest BCUT2D eigenvalue weighted by Gasteiger charge is 2.29. The van der Waals surface area contributed by atoms with Gasteiger partial charge in [-0.2, -0.15) is 0 Å². The lowest BCUT2D eigenvalue weighted by Gasteiger charge is -2.11. The first-order valence-electron chi connectivity index (χ1n) is 13.1. The number of carbonyl (C=O) groups excluding carboxylic acids is 2. The Hall–Kier alpha value is -2.41. The maximum Gasteiger partial charge on any atom is 0.261 e. The molecule has 0 aliphatic heterocycles. The van der Waals surface area contributed by atoms with E-state index in [1.54, 1.807) is 36.4 Å². The summed E-state index contributed by atoms with van der Waals surface area (Å²) in [5.41, 5.74) is 14.0. The second kappa shape index (κ2) is 17.5. The maximum atomic E-state index is 13.4. The molecule has 13 heteroatoms. The van der Waals surface area contributed by atoms with Crippen LogP contribution in [-0.4, -0.2) is 11.8 Å². The van der Waals surface area contributed by atoms with Crippen molar-refractivity contribution in [2.24, 2.45) is 33.6 Å². The van der Waals surface area contributed by atoms with Gasteiger partial charge in [0, 0.05) is 45.7 Å². The van der Waals surface area contributed by atoms with Crippen LogP contribution in [0.5, 0.6) is 0 Å². The number of nitrogens with two attached hydrogens (primary N) is 4. The minimum atomic E-state index is -0.347. The normalized spacial score (nSPS) is 15.2. The molecule has 0 saturated heterocycles. The summed E-state index contributed by atoms with van der Waals surface area (Å²) in [6.45, 7) is 4.35. The van der Waals surface area contributed by atoms with E-state index in [1.165, 1.54) is 6.07 Å². The Labute approximate surface area is 259 Å². The van der Waals surface area contributed by atoms with Crippen molar-refractivity contribution < 1.29 is 14.0 Å². The molecule has 0 unspecified atom stereocenters. The van der Waals surface area contributed by atoms with E-state index in [-0.39, 0.29) is 42.6 Å². The van der Waals surface area contributed by atoms with E-state index in [9.17, 15) is 14.0 Å². The molecule has 0 atom stereocenters. The van der Waals surface area contributed by atoms with E-state index in [4.69, 9.17) is 44.9 Å². The summed E-state index contributed by atoms with van der Waals surface area (Å²) < 4.78 is 13.4. The van der Waals surface area contributed by atoms with Crippen LogP contribution in [0.25, 0.3) is 0 Å². The Bertz CT molecular complexity index is 1250. The third-order valence-electron chi connectivity index (χ3n) is 6.09. The molecule has 10 N–H and O–H groups in total. The molecule has 2 aliphatic carbocycles. The summed E-state index contributed by atoms with van der Waals surface area (Å²) in [6, 6.07) is 11.5. The molecule has 41 heavy (non-hydrogen) atoms. The number of allylic oxidation sites excluding steroid dienone is 2. The molecule has 2 aromatic carbocycles. The van der Waals surface area contributed by atoms with Gasteiger partial charge in [0.15, 0.2) is 0 Å². The van der Waals surface area contributed by atoms with Crippen LogP contribution in [0.1, 0.15) is 50.7 Å². The van der Waals surface area contributed by atoms with Crippen molar-refractivity contribution >= 4 is 58.9 Å². The Balaban J connectivity index is 0.000000271. The molecule has 0 radical (unpaired) electrons. The van der Waals surface area contributed by atoms with Gasteiger partial charge in [-0.15, -0.1) is 0 Å². The molecule has 2 amide bonds. The fourth-order valence-electron chi connectivity index (χ4n) is 3.51. The highest BCUT2D eigenvalue weighted by atomic mass is 35.5. The molecule has 2 aliphatic rings. The van der Waals surface area contributed by atoms with Crippen LogP contribution >= 0.6 is 47.1 Å². The van der Waals surface area contributed by atoms with Crippen molar-refractivity contribution in [2.45, 2.75) is 52.6 Å². The molecular weight excluding hydrogens is 606 g/mol. The predicted octanol–water partition coefficient (Wildman–Crippen LogP) is 5.45. The Morgan fingerprint density at radius 1 is 0.805 bits per heavy atom. The highest BCUT2D eigenvalue weighted by molar-refractivity contribution is 8.02. The molecule has 0 heterocycles. The molecule has 2 saturated carbocycles. The lowest BCUT2D eigenvalue weighted by Crippen LogP contribution is -2.27. The SMILES string of the molecule is CC.NS/C(C(=O)NCc1c(Cl)cccc1Cl)=C(\N)C1CC1.NS/C(C(=O)NCc1ccccc1F)=C(\N)C1CC1. The van der Waals surface area contributed by atoms with Crippen LogP contribution < -0.4 is 32.4 Å². The van der Waals surface area contributed by atoms with E-state index < -0.39 is 0 Å². The number of halogens is 3. The van der Waals surface area contributed by atoms with Crippen molar-refractivity contribution in [2.75, 3.05) is 0 Å². The van der Waals surface area contributed by atoms with Gasteiger partial charge in [0.25, 0.3) is 11.8 Å². The zero-order valence-electron chi connectivity index (χ0n) is 23.0. The monoisotopic (exact) mass is 642 g/mol. The summed E-state index contributed by atoms with van der Waals surface area (Å²) in [4.78, 5) is 24.8. The third-order valence-corrected chi connectivity index (χ3v) is 8.11. The quantitative estimate of drug-likeness (QED) is 0.147. The second-order valence-corrected chi connectivity index (χ2v) is 11.1. The van der Waals surface area contributed by atoms with E-state index >= 15 is 0 Å². The largest absolute Gasteiger partial charge is 0.401 e. The van der Waals surface area contributed by atoms with Gasteiger partial charge in [-0.3, -0.25) is 19.9 Å². The van der Waals surface area contributed by atoms with Gasteiger partial charge in [0.1, 0.15) is 15.6 Å². The van der Waals surface area contributed by atoms with E-state index in [2.05, 4.69) is 10.6 Å². The molecule has 0 bridgehead atoms. The molecule has 4 rings (SSSR count). The van der Waals surface area contributed by atoms with Crippen molar-refractivity contribution in [3.05, 3.63) is 90.7 Å².